The van der Waals surface area contributed by atoms with Gasteiger partial charge < -0.3 is 9.84 Å². The predicted molar refractivity (Wildman–Crippen MR) is 93.2 cm³/mol. The average Bonchev–Trinajstić information content (AvgIpc) is 3.42. The molecule has 1 fully saturated rings. The molecule has 8 nitrogen and oxygen atoms in total. The third-order valence-electron chi connectivity index (χ3n) is 4.73. The highest BCUT2D eigenvalue weighted by molar-refractivity contribution is 5.73. The molecule has 8 heteroatoms. The van der Waals surface area contributed by atoms with E-state index >= 15 is 0 Å². The summed E-state index contributed by atoms with van der Waals surface area (Å²) in [6.45, 7) is 1.51. The van der Waals surface area contributed by atoms with Crippen LogP contribution in [0.5, 0.6) is 0 Å². The minimum atomic E-state index is -0.227. The first-order chi connectivity index (χ1) is 12.7. The van der Waals surface area contributed by atoms with Gasteiger partial charge in [-0.3, -0.25) is 4.79 Å². The van der Waals surface area contributed by atoms with Crippen LogP contribution in [-0.2, 0) is 4.79 Å². The zero-order valence-corrected chi connectivity index (χ0v) is 14.5. The summed E-state index contributed by atoms with van der Waals surface area (Å²) < 4.78 is 7.18. The Balaban J connectivity index is 1.62. The number of carbonyl (C=O) groups is 1. The van der Waals surface area contributed by atoms with Gasteiger partial charge in [0.05, 0.1) is 5.69 Å². The van der Waals surface area contributed by atoms with Crippen molar-refractivity contribution >= 4 is 5.91 Å². The smallest absolute Gasteiger partial charge is 0.249 e. The number of rotatable bonds is 5. The number of hydrogen-bond donors (Lipinski definition) is 1. The quantitative estimate of drug-likeness (QED) is 0.758. The van der Waals surface area contributed by atoms with Crippen LogP contribution in [0.4, 0.5) is 0 Å². The van der Waals surface area contributed by atoms with Crippen molar-refractivity contribution in [2.45, 2.75) is 38.6 Å². The molecule has 1 aliphatic carbocycles. The fraction of sp³-hybridized carbons (Fsp3) is 0.389. The molecule has 2 aromatic heterocycles. The van der Waals surface area contributed by atoms with Crippen LogP contribution in [0.2, 0.25) is 0 Å². The summed E-state index contributed by atoms with van der Waals surface area (Å²) >= 11 is 0. The first-order valence-corrected chi connectivity index (χ1v) is 8.77. The summed E-state index contributed by atoms with van der Waals surface area (Å²) in [7, 11) is 0. The molecule has 26 heavy (non-hydrogen) atoms. The number of benzene rings is 1. The van der Waals surface area contributed by atoms with E-state index in [2.05, 4.69) is 25.5 Å². The van der Waals surface area contributed by atoms with E-state index in [9.17, 15) is 4.79 Å². The monoisotopic (exact) mass is 352 g/mol. The highest BCUT2D eigenvalue weighted by Gasteiger charge is 2.31. The van der Waals surface area contributed by atoms with Crippen molar-refractivity contribution in [3.63, 3.8) is 0 Å². The Bertz CT molecular complexity index is 883. The highest BCUT2D eigenvalue weighted by Crippen LogP contribution is 2.35. The van der Waals surface area contributed by atoms with E-state index in [4.69, 9.17) is 4.52 Å². The fourth-order valence-corrected chi connectivity index (χ4v) is 3.50. The van der Waals surface area contributed by atoms with Gasteiger partial charge in [0, 0.05) is 12.5 Å². The molecule has 4 rings (SSSR count). The summed E-state index contributed by atoms with van der Waals surface area (Å²) in [5.41, 5.74) is 1.68. The van der Waals surface area contributed by atoms with Crippen LogP contribution in [0.15, 0.2) is 41.4 Å². The standard InChI is InChI=1S/C18H20N6O2/c1-12(25)21-16(13-5-2-3-6-13)18-22-17(23-26-18)14-7-4-8-15(9-14)24-11-19-10-20-24/h4,7-11,13,16H,2-3,5-6H2,1H3,(H,21,25). The van der Waals surface area contributed by atoms with E-state index in [1.807, 2.05) is 24.3 Å². The fourth-order valence-electron chi connectivity index (χ4n) is 3.50. The number of hydrogen-bond acceptors (Lipinski definition) is 6. The van der Waals surface area contributed by atoms with Crippen molar-refractivity contribution < 1.29 is 9.32 Å². The molecule has 0 saturated heterocycles. The van der Waals surface area contributed by atoms with Gasteiger partial charge in [-0.2, -0.15) is 10.1 Å². The van der Waals surface area contributed by atoms with Crippen LogP contribution in [0.25, 0.3) is 17.1 Å². The van der Waals surface area contributed by atoms with Gasteiger partial charge in [0.25, 0.3) is 0 Å². The van der Waals surface area contributed by atoms with E-state index in [1.165, 1.54) is 26.1 Å². The molecule has 0 aliphatic heterocycles. The normalized spacial score (nSPS) is 15.9. The second-order valence-electron chi connectivity index (χ2n) is 6.57. The van der Waals surface area contributed by atoms with Gasteiger partial charge in [-0.25, -0.2) is 9.67 Å². The molecule has 2 heterocycles. The largest absolute Gasteiger partial charge is 0.344 e. The molecule has 134 valence electrons. The van der Waals surface area contributed by atoms with Gasteiger partial charge in [0.2, 0.25) is 17.6 Å². The molecule has 0 radical (unpaired) electrons. The SMILES string of the molecule is CC(=O)NC(c1nc(-c2cccc(-n3cncn3)c2)no1)C1CCCC1. The second kappa shape index (κ2) is 7.07. The van der Waals surface area contributed by atoms with Crippen LogP contribution in [-0.4, -0.2) is 30.8 Å². The molecule has 1 atom stereocenters. The molecule has 1 aromatic carbocycles. The Morgan fingerprint density at radius 3 is 2.92 bits per heavy atom. The predicted octanol–water partition coefficient (Wildman–Crippen LogP) is 2.68. The number of nitrogens with one attached hydrogen (secondary N) is 1. The average molecular weight is 352 g/mol. The van der Waals surface area contributed by atoms with Gasteiger partial charge in [0.1, 0.15) is 18.7 Å². The van der Waals surface area contributed by atoms with Gasteiger partial charge in [-0.1, -0.05) is 30.1 Å². The number of amides is 1. The van der Waals surface area contributed by atoms with Crippen LogP contribution in [0.1, 0.15) is 44.5 Å². The third kappa shape index (κ3) is 3.35. The summed E-state index contributed by atoms with van der Waals surface area (Å²) in [4.78, 5) is 20.1. The molecule has 1 aliphatic rings. The van der Waals surface area contributed by atoms with Crippen LogP contribution < -0.4 is 5.32 Å². The molecule has 3 aromatic rings. The summed E-state index contributed by atoms with van der Waals surface area (Å²) in [6, 6.07) is 7.45. The van der Waals surface area contributed by atoms with E-state index in [-0.39, 0.29) is 11.9 Å². The molecular weight excluding hydrogens is 332 g/mol. The lowest BCUT2D eigenvalue weighted by Gasteiger charge is -2.20. The molecule has 1 N–H and O–H groups in total. The maximum atomic E-state index is 11.6. The Labute approximate surface area is 150 Å². The molecule has 0 bridgehead atoms. The summed E-state index contributed by atoms with van der Waals surface area (Å²) in [5.74, 6) is 1.21. The lowest BCUT2D eigenvalue weighted by molar-refractivity contribution is -0.120. The number of nitrogens with zero attached hydrogens (tertiary/aromatic N) is 5. The van der Waals surface area contributed by atoms with Crippen molar-refractivity contribution in [2.75, 3.05) is 0 Å². The number of carbonyl (C=O) groups excluding carboxylic acids is 1. The van der Waals surface area contributed by atoms with Gasteiger partial charge in [-0.05, 0) is 30.9 Å². The van der Waals surface area contributed by atoms with Crippen molar-refractivity contribution in [3.8, 4) is 17.1 Å². The van der Waals surface area contributed by atoms with Crippen molar-refractivity contribution in [3.05, 3.63) is 42.8 Å². The Hall–Kier alpha value is -3.03. The second-order valence-corrected chi connectivity index (χ2v) is 6.57. The Kier molecular flexibility index (Phi) is 4.47. The first kappa shape index (κ1) is 16.4. The topological polar surface area (TPSA) is 98.7 Å². The molecule has 1 unspecified atom stereocenters. The minimum absolute atomic E-state index is 0.0881. The first-order valence-electron chi connectivity index (χ1n) is 8.77. The van der Waals surface area contributed by atoms with Crippen LogP contribution >= 0.6 is 0 Å². The highest BCUT2D eigenvalue weighted by atomic mass is 16.5. The van der Waals surface area contributed by atoms with E-state index < -0.39 is 0 Å². The van der Waals surface area contributed by atoms with Gasteiger partial charge in [0.15, 0.2) is 0 Å². The zero-order valence-electron chi connectivity index (χ0n) is 14.5. The molecule has 1 amide bonds. The van der Waals surface area contributed by atoms with Crippen molar-refractivity contribution in [1.82, 2.24) is 30.2 Å². The third-order valence-corrected chi connectivity index (χ3v) is 4.73. The molecular formula is C18H20N6O2. The zero-order chi connectivity index (χ0) is 17.9. The van der Waals surface area contributed by atoms with Gasteiger partial charge >= 0.3 is 0 Å². The lowest BCUT2D eigenvalue weighted by atomic mass is 9.98. The maximum absolute atomic E-state index is 11.6. The van der Waals surface area contributed by atoms with Gasteiger partial charge in [-0.15, -0.1) is 0 Å². The minimum Gasteiger partial charge on any atom is -0.344 e. The van der Waals surface area contributed by atoms with Crippen LogP contribution in [0.3, 0.4) is 0 Å². The summed E-state index contributed by atoms with van der Waals surface area (Å²) in [5, 5.41) is 11.2. The summed E-state index contributed by atoms with van der Waals surface area (Å²) in [6.07, 6.45) is 7.57. The van der Waals surface area contributed by atoms with E-state index in [0.717, 1.165) is 24.1 Å². The molecule has 0 spiro atoms. The molecule has 1 saturated carbocycles. The lowest BCUT2D eigenvalue weighted by Crippen LogP contribution is -2.31. The Morgan fingerprint density at radius 1 is 1.35 bits per heavy atom. The van der Waals surface area contributed by atoms with Crippen LogP contribution in [0, 0.1) is 5.92 Å². The van der Waals surface area contributed by atoms with Crippen molar-refractivity contribution in [1.29, 1.82) is 0 Å². The maximum Gasteiger partial charge on any atom is 0.249 e. The van der Waals surface area contributed by atoms with Crippen molar-refractivity contribution in [2.24, 2.45) is 5.92 Å². The van der Waals surface area contributed by atoms with E-state index in [1.54, 1.807) is 11.0 Å². The number of aromatic nitrogens is 5. The van der Waals surface area contributed by atoms with E-state index in [0.29, 0.717) is 17.6 Å². The Morgan fingerprint density at radius 2 is 2.19 bits per heavy atom.